The van der Waals surface area contributed by atoms with Crippen molar-refractivity contribution >= 4 is 16.6 Å². The predicted octanol–water partition coefficient (Wildman–Crippen LogP) is 6.47. The molecule has 3 aromatic carbocycles. The molecular weight excluding hydrogens is 374 g/mol. The highest BCUT2D eigenvalue weighted by molar-refractivity contribution is 6.09. The number of nitrogens with zero attached hydrogens (tertiary/aromatic N) is 2. The van der Waals surface area contributed by atoms with Crippen molar-refractivity contribution < 1.29 is 4.92 Å². The minimum Gasteiger partial charge on any atom is -0.353 e. The summed E-state index contributed by atoms with van der Waals surface area (Å²) < 4.78 is 0. The molecule has 0 spiro atoms. The van der Waals surface area contributed by atoms with Crippen molar-refractivity contribution in [3.05, 3.63) is 107 Å². The fourth-order valence-corrected chi connectivity index (χ4v) is 3.93. The first kappa shape index (κ1) is 17.8. The molecule has 0 unspecified atom stereocenters. The molecule has 1 N–H and O–H groups in total. The molecule has 0 aliphatic rings. The molecule has 0 fully saturated rings. The summed E-state index contributed by atoms with van der Waals surface area (Å²) in [5.74, 6) is 0. The SMILES string of the molecule is O=[N+]([O-])c1cnccc1-c1cccc2c(-c3ccccc3)c(-c3ccccc3)[nH]c12. The van der Waals surface area contributed by atoms with Gasteiger partial charge in [0.25, 0.3) is 5.69 Å². The second-order valence-corrected chi connectivity index (χ2v) is 6.99. The van der Waals surface area contributed by atoms with Gasteiger partial charge in [-0.1, -0.05) is 78.9 Å². The minimum atomic E-state index is -0.389. The van der Waals surface area contributed by atoms with E-state index in [9.17, 15) is 10.1 Å². The normalized spacial score (nSPS) is 10.9. The fraction of sp³-hybridized carbons (Fsp3) is 0. The van der Waals surface area contributed by atoms with Crippen LogP contribution in [0, 0.1) is 10.1 Å². The molecule has 144 valence electrons. The Balaban J connectivity index is 1.86. The van der Waals surface area contributed by atoms with E-state index in [4.69, 9.17) is 0 Å². The van der Waals surface area contributed by atoms with Gasteiger partial charge in [-0.05, 0) is 17.2 Å². The van der Waals surface area contributed by atoms with Crippen LogP contribution in [0.25, 0.3) is 44.4 Å². The smallest absolute Gasteiger partial charge is 0.295 e. The maximum atomic E-state index is 11.6. The van der Waals surface area contributed by atoms with Gasteiger partial charge >= 0.3 is 0 Å². The summed E-state index contributed by atoms with van der Waals surface area (Å²) in [6, 6.07) is 27.9. The summed E-state index contributed by atoms with van der Waals surface area (Å²) in [6.07, 6.45) is 2.88. The largest absolute Gasteiger partial charge is 0.353 e. The average Bonchev–Trinajstić information content (AvgIpc) is 3.20. The maximum Gasteiger partial charge on any atom is 0.295 e. The summed E-state index contributed by atoms with van der Waals surface area (Å²) in [4.78, 5) is 18.7. The zero-order valence-corrected chi connectivity index (χ0v) is 15.9. The molecule has 0 saturated heterocycles. The van der Waals surface area contributed by atoms with E-state index in [1.165, 1.54) is 6.20 Å². The molecule has 0 aliphatic carbocycles. The van der Waals surface area contributed by atoms with Crippen LogP contribution in [0.3, 0.4) is 0 Å². The lowest BCUT2D eigenvalue weighted by atomic mass is 9.96. The number of hydrogen-bond donors (Lipinski definition) is 1. The Labute approximate surface area is 172 Å². The Hall–Kier alpha value is -4.25. The molecule has 5 aromatic rings. The topological polar surface area (TPSA) is 71.8 Å². The molecule has 0 amide bonds. The molecule has 0 atom stereocenters. The number of aromatic amines is 1. The molecule has 0 bridgehead atoms. The number of H-pyrrole nitrogens is 1. The Morgan fingerprint density at radius 1 is 0.767 bits per heavy atom. The van der Waals surface area contributed by atoms with Crippen LogP contribution in [-0.4, -0.2) is 14.9 Å². The van der Waals surface area contributed by atoms with Gasteiger partial charge in [-0.3, -0.25) is 15.1 Å². The van der Waals surface area contributed by atoms with Gasteiger partial charge in [-0.25, -0.2) is 0 Å². The first-order chi connectivity index (χ1) is 14.7. The molecule has 2 heterocycles. The van der Waals surface area contributed by atoms with Crippen molar-refractivity contribution in [2.24, 2.45) is 0 Å². The third kappa shape index (κ3) is 2.93. The standard InChI is InChI=1S/C25H17N3O2/c29-28(30)22-16-26-15-14-19(22)20-12-7-13-21-23(17-8-3-1-4-9-17)24(27-25(20)21)18-10-5-2-6-11-18/h1-16,27H. The number of para-hydroxylation sites is 1. The van der Waals surface area contributed by atoms with E-state index >= 15 is 0 Å². The summed E-state index contributed by atoms with van der Waals surface area (Å²) in [6.45, 7) is 0. The highest BCUT2D eigenvalue weighted by Crippen LogP contribution is 2.42. The second-order valence-electron chi connectivity index (χ2n) is 6.99. The van der Waals surface area contributed by atoms with Gasteiger partial charge < -0.3 is 4.98 Å². The highest BCUT2D eigenvalue weighted by Gasteiger charge is 2.21. The van der Waals surface area contributed by atoms with Crippen LogP contribution in [0.2, 0.25) is 0 Å². The van der Waals surface area contributed by atoms with Gasteiger partial charge in [-0.2, -0.15) is 0 Å². The van der Waals surface area contributed by atoms with Gasteiger partial charge in [0.15, 0.2) is 0 Å². The number of pyridine rings is 1. The van der Waals surface area contributed by atoms with Crippen molar-refractivity contribution in [2.75, 3.05) is 0 Å². The molecular formula is C25H17N3O2. The van der Waals surface area contributed by atoms with Gasteiger partial charge in [0.1, 0.15) is 6.20 Å². The number of hydrogen-bond acceptors (Lipinski definition) is 3. The van der Waals surface area contributed by atoms with E-state index in [-0.39, 0.29) is 10.6 Å². The van der Waals surface area contributed by atoms with Gasteiger partial charge in [0.2, 0.25) is 0 Å². The van der Waals surface area contributed by atoms with E-state index in [0.717, 1.165) is 38.9 Å². The number of benzene rings is 3. The molecule has 5 rings (SSSR count). The first-order valence-corrected chi connectivity index (χ1v) is 9.58. The monoisotopic (exact) mass is 391 g/mol. The summed E-state index contributed by atoms with van der Waals surface area (Å²) in [5, 5.41) is 12.6. The highest BCUT2D eigenvalue weighted by atomic mass is 16.6. The molecule has 0 saturated carbocycles. The number of nitrogens with one attached hydrogen (secondary N) is 1. The Bertz CT molecular complexity index is 1360. The minimum absolute atomic E-state index is 0.0119. The zero-order chi connectivity index (χ0) is 20.5. The lowest BCUT2D eigenvalue weighted by Gasteiger charge is -2.06. The lowest BCUT2D eigenvalue weighted by molar-refractivity contribution is -0.384. The number of rotatable bonds is 4. The number of aromatic nitrogens is 2. The molecule has 0 aliphatic heterocycles. The van der Waals surface area contributed by atoms with Crippen molar-refractivity contribution in [1.29, 1.82) is 0 Å². The van der Waals surface area contributed by atoms with Gasteiger partial charge in [0, 0.05) is 22.7 Å². The van der Waals surface area contributed by atoms with E-state index in [1.807, 2.05) is 48.5 Å². The van der Waals surface area contributed by atoms with Crippen LogP contribution in [0.1, 0.15) is 0 Å². The van der Waals surface area contributed by atoms with E-state index in [0.29, 0.717) is 5.56 Å². The Morgan fingerprint density at radius 3 is 2.17 bits per heavy atom. The van der Waals surface area contributed by atoms with Gasteiger partial charge in [0.05, 0.1) is 21.7 Å². The van der Waals surface area contributed by atoms with Crippen LogP contribution in [-0.2, 0) is 0 Å². The van der Waals surface area contributed by atoms with Crippen molar-refractivity contribution in [3.8, 4) is 33.5 Å². The predicted molar refractivity (Wildman–Crippen MR) is 119 cm³/mol. The van der Waals surface area contributed by atoms with Crippen LogP contribution in [0.15, 0.2) is 97.3 Å². The summed E-state index contributed by atoms with van der Waals surface area (Å²) in [5.41, 5.74) is 6.39. The van der Waals surface area contributed by atoms with Crippen LogP contribution in [0.5, 0.6) is 0 Å². The number of fused-ring (bicyclic) bond motifs is 1. The third-order valence-corrected chi connectivity index (χ3v) is 5.25. The van der Waals surface area contributed by atoms with Crippen LogP contribution < -0.4 is 0 Å². The van der Waals surface area contributed by atoms with E-state index in [1.54, 1.807) is 12.3 Å². The lowest BCUT2D eigenvalue weighted by Crippen LogP contribution is -1.93. The molecule has 5 nitrogen and oxygen atoms in total. The molecule has 2 aromatic heterocycles. The molecule has 30 heavy (non-hydrogen) atoms. The van der Waals surface area contributed by atoms with Crippen molar-refractivity contribution in [1.82, 2.24) is 9.97 Å². The quantitative estimate of drug-likeness (QED) is 0.282. The first-order valence-electron chi connectivity index (χ1n) is 9.58. The Kier molecular flexibility index (Phi) is 4.33. The van der Waals surface area contributed by atoms with Gasteiger partial charge in [-0.15, -0.1) is 0 Å². The molecule has 0 radical (unpaired) electrons. The van der Waals surface area contributed by atoms with E-state index in [2.05, 4.69) is 40.3 Å². The fourth-order valence-electron chi connectivity index (χ4n) is 3.93. The van der Waals surface area contributed by atoms with Crippen molar-refractivity contribution in [2.45, 2.75) is 0 Å². The summed E-state index contributed by atoms with van der Waals surface area (Å²) in [7, 11) is 0. The zero-order valence-electron chi connectivity index (χ0n) is 15.9. The third-order valence-electron chi connectivity index (χ3n) is 5.25. The Morgan fingerprint density at radius 2 is 1.47 bits per heavy atom. The van der Waals surface area contributed by atoms with Crippen LogP contribution >= 0.6 is 0 Å². The molecule has 5 heteroatoms. The van der Waals surface area contributed by atoms with Crippen LogP contribution in [0.4, 0.5) is 5.69 Å². The maximum absolute atomic E-state index is 11.6. The second kappa shape index (κ2) is 7.29. The van der Waals surface area contributed by atoms with Crippen molar-refractivity contribution in [3.63, 3.8) is 0 Å². The number of nitro groups is 1. The van der Waals surface area contributed by atoms with E-state index < -0.39 is 0 Å². The summed E-state index contributed by atoms with van der Waals surface area (Å²) >= 11 is 0. The average molecular weight is 391 g/mol.